The first-order valence-corrected chi connectivity index (χ1v) is 6.90. The maximum Gasteiger partial charge on any atom is 0.323 e. The van der Waals surface area contributed by atoms with Gasteiger partial charge in [0, 0.05) is 12.1 Å². The van der Waals surface area contributed by atoms with E-state index in [9.17, 15) is 9.90 Å². The van der Waals surface area contributed by atoms with Crippen LogP contribution in [0.4, 0.5) is 0 Å². The molecule has 2 rings (SSSR count). The van der Waals surface area contributed by atoms with Crippen LogP contribution >= 0.6 is 0 Å². The summed E-state index contributed by atoms with van der Waals surface area (Å²) in [4.78, 5) is 14.1. The lowest BCUT2D eigenvalue weighted by molar-refractivity contribution is -0.151. The second-order valence-electron chi connectivity index (χ2n) is 4.86. The molecule has 1 aromatic carbocycles. The van der Waals surface area contributed by atoms with E-state index in [2.05, 4.69) is 4.90 Å². The second kappa shape index (κ2) is 6.57. The molecular weight excluding hydrogens is 242 g/mol. The Morgan fingerprint density at radius 2 is 2.21 bits per heavy atom. The molecule has 104 valence electrons. The van der Waals surface area contributed by atoms with Crippen molar-refractivity contribution in [1.29, 1.82) is 0 Å². The number of likely N-dealkylation sites (tertiary alicyclic amines) is 1. The van der Waals surface area contributed by atoms with Gasteiger partial charge in [-0.3, -0.25) is 9.69 Å². The molecule has 0 amide bonds. The average molecular weight is 263 g/mol. The summed E-state index contributed by atoms with van der Waals surface area (Å²) in [6.07, 6.45) is 2.98. The lowest BCUT2D eigenvalue weighted by atomic mass is 10.0. The predicted molar refractivity (Wildman–Crippen MR) is 72.8 cm³/mol. The Labute approximate surface area is 114 Å². The molecular formula is C15H21NO3. The number of carbonyl (C=O) groups excluding carboxylic acids is 1. The number of rotatable bonds is 4. The minimum absolute atomic E-state index is 0.141. The number of nitrogens with zero attached hydrogens (tertiary/aromatic N) is 1. The minimum Gasteiger partial charge on any atom is -0.508 e. The summed E-state index contributed by atoms with van der Waals surface area (Å²) in [5, 5.41) is 9.83. The highest BCUT2D eigenvalue weighted by atomic mass is 16.5. The zero-order valence-corrected chi connectivity index (χ0v) is 11.3. The quantitative estimate of drug-likeness (QED) is 0.847. The molecule has 1 aliphatic rings. The van der Waals surface area contributed by atoms with Crippen LogP contribution in [0.1, 0.15) is 31.7 Å². The van der Waals surface area contributed by atoms with Gasteiger partial charge in [0.25, 0.3) is 0 Å². The van der Waals surface area contributed by atoms with E-state index >= 15 is 0 Å². The molecule has 1 aromatic rings. The fourth-order valence-corrected chi connectivity index (χ4v) is 2.55. The number of phenolic OH excluding ortho intramolecular Hbond substituents is 1. The smallest absolute Gasteiger partial charge is 0.323 e. The normalized spacial score (nSPS) is 20.2. The van der Waals surface area contributed by atoms with E-state index in [1.807, 2.05) is 19.1 Å². The molecule has 0 radical (unpaired) electrons. The summed E-state index contributed by atoms with van der Waals surface area (Å²) >= 11 is 0. The predicted octanol–water partition coefficient (Wildman–Crippen LogP) is 2.31. The van der Waals surface area contributed by atoms with Gasteiger partial charge >= 0.3 is 5.97 Å². The summed E-state index contributed by atoms with van der Waals surface area (Å²) in [6.45, 7) is 3.71. The van der Waals surface area contributed by atoms with Crippen molar-refractivity contribution < 1.29 is 14.6 Å². The Morgan fingerprint density at radius 3 is 2.95 bits per heavy atom. The zero-order valence-electron chi connectivity index (χ0n) is 11.3. The molecule has 0 aromatic heterocycles. The average Bonchev–Trinajstić information content (AvgIpc) is 2.42. The lowest BCUT2D eigenvalue weighted by Crippen LogP contribution is -2.44. The van der Waals surface area contributed by atoms with Crippen molar-refractivity contribution in [1.82, 2.24) is 4.90 Å². The molecule has 0 aliphatic carbocycles. The summed E-state index contributed by atoms with van der Waals surface area (Å²) < 4.78 is 5.14. The van der Waals surface area contributed by atoms with E-state index in [4.69, 9.17) is 4.74 Å². The number of aromatic hydroxyl groups is 1. The highest BCUT2D eigenvalue weighted by Crippen LogP contribution is 2.24. The van der Waals surface area contributed by atoms with E-state index < -0.39 is 0 Å². The second-order valence-corrected chi connectivity index (χ2v) is 4.86. The number of carbonyl (C=O) groups is 1. The molecule has 1 fully saturated rings. The molecule has 0 spiro atoms. The van der Waals surface area contributed by atoms with Crippen LogP contribution < -0.4 is 0 Å². The van der Waals surface area contributed by atoms with E-state index in [1.54, 1.807) is 12.1 Å². The summed E-state index contributed by atoms with van der Waals surface area (Å²) in [5.41, 5.74) is 0.860. The number of hydrogen-bond donors (Lipinski definition) is 1. The van der Waals surface area contributed by atoms with Crippen LogP contribution in [-0.4, -0.2) is 35.2 Å². The Bertz CT molecular complexity index is 433. The van der Waals surface area contributed by atoms with Gasteiger partial charge in [-0.1, -0.05) is 24.6 Å². The third kappa shape index (κ3) is 3.47. The number of benzene rings is 1. The molecule has 1 saturated heterocycles. The van der Waals surface area contributed by atoms with Gasteiger partial charge in [0.2, 0.25) is 0 Å². The fourth-order valence-electron chi connectivity index (χ4n) is 2.55. The number of hydrogen-bond acceptors (Lipinski definition) is 4. The monoisotopic (exact) mass is 263 g/mol. The molecule has 0 bridgehead atoms. The van der Waals surface area contributed by atoms with Gasteiger partial charge in [0.1, 0.15) is 11.8 Å². The van der Waals surface area contributed by atoms with Crippen molar-refractivity contribution in [3.05, 3.63) is 29.8 Å². The molecule has 0 saturated carbocycles. The van der Waals surface area contributed by atoms with Crippen LogP contribution in [0.15, 0.2) is 24.3 Å². The summed E-state index contributed by atoms with van der Waals surface area (Å²) in [6, 6.07) is 7.11. The number of esters is 1. The van der Waals surface area contributed by atoms with Crippen LogP contribution in [0.3, 0.4) is 0 Å². The van der Waals surface area contributed by atoms with Crippen molar-refractivity contribution >= 4 is 5.97 Å². The summed E-state index contributed by atoms with van der Waals surface area (Å²) in [5.74, 6) is 0.147. The third-order valence-corrected chi connectivity index (χ3v) is 3.54. The van der Waals surface area contributed by atoms with Crippen LogP contribution in [0.25, 0.3) is 0 Å². The topological polar surface area (TPSA) is 49.8 Å². The van der Waals surface area contributed by atoms with Crippen LogP contribution in [0.2, 0.25) is 0 Å². The van der Waals surface area contributed by atoms with Crippen molar-refractivity contribution in [2.75, 3.05) is 13.2 Å². The standard InChI is InChI=1S/C15H21NO3/c1-2-19-15(18)13-8-5-6-10-16(13)11-12-7-3-4-9-14(12)17/h3-4,7,9,13,17H,2,5-6,8,10-11H2,1H3/t13-/m0/s1. The molecule has 0 unspecified atom stereocenters. The molecule has 1 atom stereocenters. The number of phenols is 1. The summed E-state index contributed by atoms with van der Waals surface area (Å²) in [7, 11) is 0. The maximum atomic E-state index is 12.0. The number of para-hydroxylation sites is 1. The Hall–Kier alpha value is -1.55. The Kier molecular flexibility index (Phi) is 4.80. The first kappa shape index (κ1) is 13.9. The van der Waals surface area contributed by atoms with E-state index in [0.717, 1.165) is 31.4 Å². The first-order chi connectivity index (χ1) is 9.22. The molecule has 4 heteroatoms. The van der Waals surface area contributed by atoms with Gasteiger partial charge in [-0.25, -0.2) is 0 Å². The van der Waals surface area contributed by atoms with Gasteiger partial charge < -0.3 is 9.84 Å². The van der Waals surface area contributed by atoms with Gasteiger partial charge in [-0.15, -0.1) is 0 Å². The van der Waals surface area contributed by atoms with Crippen LogP contribution in [0, 0.1) is 0 Å². The number of piperidine rings is 1. The van der Waals surface area contributed by atoms with E-state index in [-0.39, 0.29) is 17.8 Å². The molecule has 19 heavy (non-hydrogen) atoms. The SMILES string of the molecule is CCOC(=O)[C@@H]1CCCCN1Cc1ccccc1O. The zero-order chi connectivity index (χ0) is 13.7. The van der Waals surface area contributed by atoms with E-state index in [0.29, 0.717) is 13.2 Å². The van der Waals surface area contributed by atoms with Crippen LogP contribution in [-0.2, 0) is 16.1 Å². The molecule has 1 N–H and O–H groups in total. The highest BCUT2D eigenvalue weighted by molar-refractivity contribution is 5.75. The molecule has 1 aliphatic heterocycles. The number of ether oxygens (including phenoxy) is 1. The van der Waals surface area contributed by atoms with Gasteiger partial charge in [0.15, 0.2) is 0 Å². The lowest BCUT2D eigenvalue weighted by Gasteiger charge is -2.34. The first-order valence-electron chi connectivity index (χ1n) is 6.90. The van der Waals surface area contributed by atoms with Gasteiger partial charge in [-0.2, -0.15) is 0 Å². The Balaban J connectivity index is 2.07. The van der Waals surface area contributed by atoms with Crippen LogP contribution in [0.5, 0.6) is 5.75 Å². The highest BCUT2D eigenvalue weighted by Gasteiger charge is 2.30. The van der Waals surface area contributed by atoms with Crippen molar-refractivity contribution in [2.24, 2.45) is 0 Å². The van der Waals surface area contributed by atoms with Crippen molar-refractivity contribution in [2.45, 2.75) is 38.8 Å². The van der Waals surface area contributed by atoms with E-state index in [1.165, 1.54) is 0 Å². The van der Waals surface area contributed by atoms with Crippen molar-refractivity contribution in [3.8, 4) is 5.75 Å². The molecule has 4 nitrogen and oxygen atoms in total. The van der Waals surface area contributed by atoms with Gasteiger partial charge in [-0.05, 0) is 32.4 Å². The largest absolute Gasteiger partial charge is 0.508 e. The van der Waals surface area contributed by atoms with Gasteiger partial charge in [0.05, 0.1) is 6.61 Å². The minimum atomic E-state index is -0.173. The Morgan fingerprint density at radius 1 is 1.42 bits per heavy atom. The van der Waals surface area contributed by atoms with Crippen molar-refractivity contribution in [3.63, 3.8) is 0 Å². The maximum absolute atomic E-state index is 12.0. The molecule has 1 heterocycles. The third-order valence-electron chi connectivity index (χ3n) is 3.54. The fraction of sp³-hybridized carbons (Fsp3) is 0.533.